The molecule has 0 atom stereocenters. The average Bonchev–Trinajstić information content (AvgIpc) is 2.37. The molecule has 0 radical (unpaired) electrons. The van der Waals surface area contributed by atoms with Gasteiger partial charge in [-0.2, -0.15) is 5.10 Å². The van der Waals surface area contributed by atoms with Gasteiger partial charge in [0.1, 0.15) is 0 Å². The number of para-hydroxylation sites is 1. The van der Waals surface area contributed by atoms with Crippen LogP contribution in [0.25, 0.3) is 0 Å². The van der Waals surface area contributed by atoms with E-state index in [1.807, 2.05) is 30.3 Å². The molecule has 92 valence electrons. The van der Waals surface area contributed by atoms with E-state index in [9.17, 15) is 0 Å². The van der Waals surface area contributed by atoms with E-state index in [0.29, 0.717) is 15.1 Å². The Hall–Kier alpha value is -1.22. The zero-order valence-corrected chi connectivity index (χ0v) is 11.5. The van der Waals surface area contributed by atoms with Crippen LogP contribution in [0.2, 0.25) is 15.1 Å². The Kier molecular flexibility index (Phi) is 4.48. The second-order valence-electron chi connectivity index (χ2n) is 3.53. The van der Waals surface area contributed by atoms with Crippen LogP contribution in [0.1, 0.15) is 5.56 Å². The maximum Gasteiger partial charge on any atom is 0.0778 e. The van der Waals surface area contributed by atoms with Gasteiger partial charge in [-0.05, 0) is 29.8 Å². The van der Waals surface area contributed by atoms with Crippen LogP contribution >= 0.6 is 34.8 Å². The molecule has 0 spiro atoms. The number of halogens is 3. The summed E-state index contributed by atoms with van der Waals surface area (Å²) in [4.78, 5) is 0. The molecule has 2 aromatic rings. The fourth-order valence-corrected chi connectivity index (χ4v) is 1.96. The third-order valence-electron chi connectivity index (χ3n) is 2.19. The topological polar surface area (TPSA) is 24.4 Å². The van der Waals surface area contributed by atoms with Crippen molar-refractivity contribution >= 4 is 46.7 Å². The molecule has 0 aliphatic rings. The monoisotopic (exact) mass is 298 g/mol. The number of nitrogens with one attached hydrogen (secondary N) is 1. The summed E-state index contributed by atoms with van der Waals surface area (Å²) in [5.74, 6) is 0. The average molecular weight is 300 g/mol. The Morgan fingerprint density at radius 3 is 2.17 bits per heavy atom. The second kappa shape index (κ2) is 6.10. The predicted octanol–water partition coefficient (Wildman–Crippen LogP) is 5.09. The number of nitrogens with zero attached hydrogens (tertiary/aromatic N) is 1. The van der Waals surface area contributed by atoms with Crippen molar-refractivity contribution in [2.45, 2.75) is 0 Å². The third-order valence-corrected chi connectivity index (χ3v) is 3.38. The molecule has 0 amide bonds. The van der Waals surface area contributed by atoms with Gasteiger partial charge in [-0.3, -0.25) is 5.43 Å². The first-order valence-electron chi connectivity index (χ1n) is 5.15. The lowest BCUT2D eigenvalue weighted by molar-refractivity contribution is 1.35. The minimum absolute atomic E-state index is 0.353. The maximum atomic E-state index is 5.92. The zero-order chi connectivity index (χ0) is 13.0. The van der Waals surface area contributed by atoms with Crippen molar-refractivity contribution in [3.8, 4) is 0 Å². The highest BCUT2D eigenvalue weighted by Gasteiger charge is 2.04. The van der Waals surface area contributed by atoms with E-state index in [0.717, 1.165) is 11.3 Å². The summed E-state index contributed by atoms with van der Waals surface area (Å²) in [6.45, 7) is 0. The third kappa shape index (κ3) is 3.39. The summed E-state index contributed by atoms with van der Waals surface area (Å²) in [7, 11) is 0. The van der Waals surface area contributed by atoms with Crippen LogP contribution in [0.4, 0.5) is 5.69 Å². The van der Waals surface area contributed by atoms with E-state index < -0.39 is 0 Å². The molecular formula is C13H9Cl3N2. The normalized spacial score (nSPS) is 10.8. The molecule has 0 unspecified atom stereocenters. The number of hydrogen-bond donors (Lipinski definition) is 1. The van der Waals surface area contributed by atoms with Gasteiger partial charge < -0.3 is 0 Å². The van der Waals surface area contributed by atoms with Crippen molar-refractivity contribution in [2.24, 2.45) is 5.10 Å². The van der Waals surface area contributed by atoms with Crippen molar-refractivity contribution in [1.82, 2.24) is 0 Å². The first kappa shape index (κ1) is 13.2. The Balaban J connectivity index is 2.10. The van der Waals surface area contributed by atoms with Crippen molar-refractivity contribution < 1.29 is 0 Å². The highest BCUT2D eigenvalue weighted by Crippen LogP contribution is 2.30. The molecule has 1 N–H and O–H groups in total. The first-order valence-corrected chi connectivity index (χ1v) is 6.29. The van der Waals surface area contributed by atoms with Crippen LogP contribution in [0.5, 0.6) is 0 Å². The van der Waals surface area contributed by atoms with Gasteiger partial charge in [-0.15, -0.1) is 0 Å². The lowest BCUT2D eigenvalue weighted by Gasteiger charge is -2.01. The quantitative estimate of drug-likeness (QED) is 0.476. The fraction of sp³-hybridized carbons (Fsp3) is 0. The predicted molar refractivity (Wildman–Crippen MR) is 79.1 cm³/mol. The van der Waals surface area contributed by atoms with E-state index >= 15 is 0 Å². The molecule has 0 saturated heterocycles. The van der Waals surface area contributed by atoms with Crippen LogP contribution in [0.15, 0.2) is 47.6 Å². The molecular weight excluding hydrogens is 291 g/mol. The minimum Gasteiger partial charge on any atom is -0.279 e. The second-order valence-corrected chi connectivity index (χ2v) is 4.73. The summed E-state index contributed by atoms with van der Waals surface area (Å²) in [6, 6.07) is 13.0. The number of anilines is 1. The van der Waals surface area contributed by atoms with E-state index in [1.54, 1.807) is 18.3 Å². The van der Waals surface area contributed by atoms with Crippen LogP contribution in [-0.2, 0) is 0 Å². The summed E-state index contributed by atoms with van der Waals surface area (Å²) in [5, 5.41) is 5.26. The highest BCUT2D eigenvalue weighted by atomic mass is 35.5. The van der Waals surface area contributed by atoms with Gasteiger partial charge in [0.15, 0.2) is 0 Å². The molecule has 0 fully saturated rings. The fourth-order valence-electron chi connectivity index (χ4n) is 1.34. The Bertz CT molecular complexity index is 545. The van der Waals surface area contributed by atoms with Crippen LogP contribution in [0.3, 0.4) is 0 Å². The smallest absolute Gasteiger partial charge is 0.0778 e. The Morgan fingerprint density at radius 1 is 0.944 bits per heavy atom. The molecule has 0 bridgehead atoms. The first-order chi connectivity index (χ1) is 8.66. The van der Waals surface area contributed by atoms with Gasteiger partial charge >= 0.3 is 0 Å². The van der Waals surface area contributed by atoms with Gasteiger partial charge in [-0.25, -0.2) is 0 Å². The van der Waals surface area contributed by atoms with Gasteiger partial charge in [-0.1, -0.05) is 53.0 Å². The highest BCUT2D eigenvalue weighted by molar-refractivity contribution is 6.48. The molecule has 0 aliphatic carbocycles. The lowest BCUT2D eigenvalue weighted by Crippen LogP contribution is -1.90. The van der Waals surface area contributed by atoms with E-state index in [-0.39, 0.29) is 0 Å². The molecule has 0 aliphatic heterocycles. The molecule has 0 aromatic heterocycles. The number of hydrogen-bond acceptors (Lipinski definition) is 2. The molecule has 2 nitrogen and oxygen atoms in total. The van der Waals surface area contributed by atoms with E-state index in [4.69, 9.17) is 34.8 Å². The number of benzene rings is 2. The van der Waals surface area contributed by atoms with Crippen molar-refractivity contribution in [2.75, 3.05) is 5.43 Å². The Labute approximate surface area is 120 Å². The summed E-state index contributed by atoms with van der Waals surface area (Å²) >= 11 is 17.7. The van der Waals surface area contributed by atoms with E-state index in [1.165, 1.54) is 0 Å². The molecule has 18 heavy (non-hydrogen) atoms. The maximum absolute atomic E-state index is 5.92. The van der Waals surface area contributed by atoms with Crippen LogP contribution < -0.4 is 5.43 Å². The minimum atomic E-state index is 0.353. The largest absolute Gasteiger partial charge is 0.279 e. The molecule has 2 rings (SSSR count). The van der Waals surface area contributed by atoms with Gasteiger partial charge in [0.25, 0.3) is 0 Å². The molecule has 2 aromatic carbocycles. The van der Waals surface area contributed by atoms with Crippen molar-refractivity contribution in [3.05, 3.63) is 63.1 Å². The number of rotatable bonds is 3. The van der Waals surface area contributed by atoms with Crippen molar-refractivity contribution in [1.29, 1.82) is 0 Å². The van der Waals surface area contributed by atoms with Crippen LogP contribution in [-0.4, -0.2) is 6.21 Å². The Morgan fingerprint density at radius 2 is 1.56 bits per heavy atom. The van der Waals surface area contributed by atoms with E-state index in [2.05, 4.69) is 10.5 Å². The molecule has 0 heterocycles. The summed E-state index contributed by atoms with van der Waals surface area (Å²) in [6.07, 6.45) is 1.63. The van der Waals surface area contributed by atoms with Gasteiger partial charge in [0.2, 0.25) is 0 Å². The van der Waals surface area contributed by atoms with Gasteiger partial charge in [0.05, 0.1) is 27.0 Å². The lowest BCUT2D eigenvalue weighted by atomic mass is 10.2. The van der Waals surface area contributed by atoms with Crippen molar-refractivity contribution in [3.63, 3.8) is 0 Å². The molecule has 0 saturated carbocycles. The summed E-state index contributed by atoms with van der Waals surface area (Å²) in [5.41, 5.74) is 4.58. The zero-order valence-electron chi connectivity index (χ0n) is 9.20. The van der Waals surface area contributed by atoms with Gasteiger partial charge in [0, 0.05) is 0 Å². The SMILES string of the molecule is Clc1cc(/C=N/Nc2ccccc2)cc(Cl)c1Cl. The molecule has 5 heteroatoms. The van der Waals surface area contributed by atoms with Crippen LogP contribution in [0, 0.1) is 0 Å². The standard InChI is InChI=1S/C13H9Cl3N2/c14-11-6-9(7-12(15)13(11)16)8-17-18-10-4-2-1-3-5-10/h1-8,18H/b17-8+. The number of hydrazone groups is 1. The summed E-state index contributed by atoms with van der Waals surface area (Å²) < 4.78 is 0.